The molecular formula is C15H22N2O6S. The molecule has 1 aromatic carbocycles. The first-order chi connectivity index (χ1) is 10.9. The molecule has 1 amide bonds. The second-order valence-corrected chi connectivity index (χ2v) is 8.07. The third kappa shape index (κ3) is 6.45. The number of aliphatic carboxylic acids is 1. The van der Waals surface area contributed by atoms with Gasteiger partial charge in [-0.2, -0.15) is 0 Å². The van der Waals surface area contributed by atoms with Gasteiger partial charge in [-0.25, -0.2) is 18.0 Å². The smallest absolute Gasteiger partial charge is 0.408 e. The monoisotopic (exact) mass is 358 g/mol. The summed E-state index contributed by atoms with van der Waals surface area (Å²) < 4.78 is 29.9. The molecule has 1 rings (SSSR count). The molecular weight excluding hydrogens is 336 g/mol. The van der Waals surface area contributed by atoms with Gasteiger partial charge in [0.1, 0.15) is 11.6 Å². The summed E-state index contributed by atoms with van der Waals surface area (Å²) in [6, 6.07) is 6.57. The quantitative estimate of drug-likeness (QED) is 0.795. The van der Waals surface area contributed by atoms with Crippen molar-refractivity contribution in [3.8, 4) is 0 Å². The van der Waals surface area contributed by atoms with Crippen LogP contribution in [0.5, 0.6) is 0 Å². The average molecular weight is 358 g/mol. The number of benzene rings is 1. The number of amides is 1. The Morgan fingerprint density at radius 2 is 1.79 bits per heavy atom. The maximum absolute atomic E-state index is 12.0. The lowest BCUT2D eigenvalue weighted by molar-refractivity contribution is -0.139. The van der Waals surface area contributed by atoms with Crippen LogP contribution in [0.1, 0.15) is 20.8 Å². The minimum absolute atomic E-state index is 0.303. The lowest BCUT2D eigenvalue weighted by Crippen LogP contribution is -2.51. The van der Waals surface area contributed by atoms with Crippen LogP contribution in [0.2, 0.25) is 0 Å². The molecule has 9 heteroatoms. The van der Waals surface area contributed by atoms with E-state index in [0.717, 1.165) is 10.6 Å². The fraction of sp³-hybridized carbons (Fsp3) is 0.467. The molecule has 0 heterocycles. The third-order valence-corrected chi connectivity index (χ3v) is 3.94. The molecule has 0 spiro atoms. The number of nitrogens with zero attached hydrogens (tertiary/aromatic N) is 1. The van der Waals surface area contributed by atoms with Crippen LogP contribution in [0.15, 0.2) is 30.3 Å². The van der Waals surface area contributed by atoms with Gasteiger partial charge in [0, 0.05) is 0 Å². The fourth-order valence-corrected chi connectivity index (χ4v) is 2.75. The number of hydrogen-bond donors (Lipinski definition) is 2. The molecule has 8 nitrogen and oxygen atoms in total. The normalized spacial score (nSPS) is 13.0. The van der Waals surface area contributed by atoms with Crippen LogP contribution >= 0.6 is 0 Å². The summed E-state index contributed by atoms with van der Waals surface area (Å²) in [4.78, 5) is 23.2. The molecule has 1 atom stereocenters. The van der Waals surface area contributed by atoms with E-state index >= 15 is 0 Å². The van der Waals surface area contributed by atoms with Gasteiger partial charge in [0.05, 0.1) is 18.5 Å². The zero-order chi connectivity index (χ0) is 18.5. The molecule has 0 bridgehead atoms. The van der Waals surface area contributed by atoms with E-state index in [0.29, 0.717) is 5.69 Å². The van der Waals surface area contributed by atoms with Crippen molar-refractivity contribution in [2.75, 3.05) is 17.1 Å². The number of carboxylic acids is 1. The molecule has 1 aromatic rings. The molecule has 24 heavy (non-hydrogen) atoms. The first kappa shape index (κ1) is 19.8. The lowest BCUT2D eigenvalue weighted by Gasteiger charge is -2.27. The number of hydrogen-bond acceptors (Lipinski definition) is 5. The van der Waals surface area contributed by atoms with Crippen LogP contribution in [0.4, 0.5) is 10.5 Å². The Kier molecular flexibility index (Phi) is 6.19. The molecule has 2 N–H and O–H groups in total. The van der Waals surface area contributed by atoms with E-state index in [-0.39, 0.29) is 0 Å². The van der Waals surface area contributed by atoms with E-state index in [1.54, 1.807) is 39.0 Å². The largest absolute Gasteiger partial charge is 0.480 e. The predicted molar refractivity (Wildman–Crippen MR) is 89.4 cm³/mol. The summed E-state index contributed by atoms with van der Waals surface area (Å²) in [5, 5.41) is 11.5. The van der Waals surface area contributed by atoms with Crippen molar-refractivity contribution < 1.29 is 27.9 Å². The number of ether oxygens (including phenoxy) is 1. The van der Waals surface area contributed by atoms with E-state index in [4.69, 9.17) is 4.74 Å². The highest BCUT2D eigenvalue weighted by molar-refractivity contribution is 7.92. The average Bonchev–Trinajstić information content (AvgIpc) is 2.40. The van der Waals surface area contributed by atoms with Crippen molar-refractivity contribution in [1.29, 1.82) is 0 Å². The second kappa shape index (κ2) is 7.52. The van der Waals surface area contributed by atoms with Crippen LogP contribution in [0, 0.1) is 0 Å². The van der Waals surface area contributed by atoms with E-state index in [2.05, 4.69) is 5.32 Å². The minimum atomic E-state index is -3.74. The standard InChI is InChI=1S/C15H22N2O6S/c1-15(2,3)23-14(20)16-12(13(18)19)10-17(24(4,21)22)11-8-6-5-7-9-11/h5-9,12H,10H2,1-4H3,(H,16,20)(H,18,19)/t12-/m1/s1. The summed E-state index contributed by atoms with van der Waals surface area (Å²) in [5.74, 6) is -1.37. The van der Waals surface area contributed by atoms with Gasteiger partial charge in [-0.3, -0.25) is 4.31 Å². The molecule has 0 aliphatic carbocycles. The van der Waals surface area contributed by atoms with Gasteiger partial charge in [0.2, 0.25) is 10.0 Å². The van der Waals surface area contributed by atoms with Gasteiger partial charge in [-0.15, -0.1) is 0 Å². The molecule has 0 aromatic heterocycles. The SMILES string of the molecule is CC(C)(C)OC(=O)N[C@H](CN(c1ccccc1)S(C)(=O)=O)C(=O)O. The Balaban J connectivity index is 2.99. The topological polar surface area (TPSA) is 113 Å². The van der Waals surface area contributed by atoms with Crippen molar-refractivity contribution in [2.24, 2.45) is 0 Å². The van der Waals surface area contributed by atoms with Gasteiger partial charge in [-0.05, 0) is 32.9 Å². The Morgan fingerprint density at radius 1 is 1.25 bits per heavy atom. The van der Waals surface area contributed by atoms with Crippen LogP contribution in [-0.4, -0.2) is 50.0 Å². The van der Waals surface area contributed by atoms with E-state index in [9.17, 15) is 23.1 Å². The number of alkyl carbamates (subject to hydrolysis) is 1. The van der Waals surface area contributed by atoms with E-state index in [1.807, 2.05) is 0 Å². The molecule has 0 fully saturated rings. The highest BCUT2D eigenvalue weighted by atomic mass is 32.2. The number of para-hydroxylation sites is 1. The summed E-state index contributed by atoms with van der Waals surface area (Å²) in [6.45, 7) is 4.44. The fourth-order valence-electron chi connectivity index (χ4n) is 1.83. The van der Waals surface area contributed by atoms with Crippen molar-refractivity contribution >= 4 is 27.8 Å². The lowest BCUT2D eigenvalue weighted by atomic mass is 10.2. The Labute approximate surface area is 141 Å². The van der Waals surface area contributed by atoms with Gasteiger partial charge < -0.3 is 15.2 Å². The Morgan fingerprint density at radius 3 is 2.21 bits per heavy atom. The van der Waals surface area contributed by atoms with E-state index in [1.165, 1.54) is 12.1 Å². The third-order valence-electron chi connectivity index (χ3n) is 2.78. The van der Waals surface area contributed by atoms with Crippen LogP contribution in [0.25, 0.3) is 0 Å². The van der Waals surface area contributed by atoms with Crippen molar-refractivity contribution in [3.63, 3.8) is 0 Å². The molecule has 0 saturated heterocycles. The zero-order valence-electron chi connectivity index (χ0n) is 14.0. The van der Waals surface area contributed by atoms with Crippen LogP contribution in [-0.2, 0) is 19.6 Å². The van der Waals surface area contributed by atoms with Crippen LogP contribution < -0.4 is 9.62 Å². The summed E-state index contributed by atoms with van der Waals surface area (Å²) in [6.07, 6.45) is 0.0308. The zero-order valence-corrected chi connectivity index (χ0v) is 14.8. The number of anilines is 1. The van der Waals surface area contributed by atoms with Crippen molar-refractivity contribution in [2.45, 2.75) is 32.4 Å². The number of carbonyl (C=O) groups is 2. The molecule has 0 saturated carbocycles. The van der Waals surface area contributed by atoms with E-state index < -0.39 is 40.3 Å². The predicted octanol–water partition coefficient (Wildman–Crippen LogP) is 1.43. The number of carboxylic acid groups (broad SMARTS) is 1. The highest BCUT2D eigenvalue weighted by Crippen LogP contribution is 2.17. The van der Waals surface area contributed by atoms with Crippen molar-refractivity contribution in [1.82, 2.24) is 5.32 Å². The molecule has 134 valence electrons. The Hall–Kier alpha value is -2.29. The Bertz CT molecular complexity index is 682. The van der Waals surface area contributed by atoms with Gasteiger partial charge >= 0.3 is 12.1 Å². The summed E-state index contributed by atoms with van der Waals surface area (Å²) in [5.41, 5.74) is -0.499. The number of carbonyl (C=O) groups excluding carboxylic acids is 1. The first-order valence-electron chi connectivity index (χ1n) is 7.15. The van der Waals surface area contributed by atoms with Crippen LogP contribution in [0.3, 0.4) is 0 Å². The summed E-state index contributed by atoms with van der Waals surface area (Å²) >= 11 is 0. The minimum Gasteiger partial charge on any atom is -0.480 e. The van der Waals surface area contributed by atoms with Crippen molar-refractivity contribution in [3.05, 3.63) is 30.3 Å². The molecule has 0 aliphatic rings. The molecule has 0 radical (unpaired) electrons. The number of sulfonamides is 1. The number of rotatable bonds is 6. The maximum atomic E-state index is 12.0. The molecule has 0 aliphatic heterocycles. The second-order valence-electron chi connectivity index (χ2n) is 6.17. The van der Waals surface area contributed by atoms with Gasteiger partial charge in [0.15, 0.2) is 0 Å². The van der Waals surface area contributed by atoms with Gasteiger partial charge in [-0.1, -0.05) is 18.2 Å². The summed E-state index contributed by atoms with van der Waals surface area (Å²) in [7, 11) is -3.74. The maximum Gasteiger partial charge on any atom is 0.408 e. The molecule has 0 unspecified atom stereocenters. The van der Waals surface area contributed by atoms with Gasteiger partial charge in [0.25, 0.3) is 0 Å². The first-order valence-corrected chi connectivity index (χ1v) is 9.00. The highest BCUT2D eigenvalue weighted by Gasteiger charge is 2.29. The number of nitrogens with one attached hydrogen (secondary N) is 1.